The van der Waals surface area contributed by atoms with Crippen molar-refractivity contribution in [3.63, 3.8) is 0 Å². The second-order valence-electron chi connectivity index (χ2n) is 3.74. The number of aromatic nitrogens is 4. The molecule has 90 valence electrons. The van der Waals surface area contributed by atoms with Gasteiger partial charge in [0, 0.05) is 37.1 Å². The van der Waals surface area contributed by atoms with E-state index in [1.54, 1.807) is 19.3 Å². The molecule has 7 heteroatoms. The molecule has 0 spiro atoms. The molecule has 0 saturated heterocycles. The molecule has 0 saturated carbocycles. The molecule has 0 aromatic carbocycles. The van der Waals surface area contributed by atoms with Crippen molar-refractivity contribution in [1.29, 1.82) is 0 Å². The van der Waals surface area contributed by atoms with E-state index in [1.165, 1.54) is 11.8 Å². The molecule has 0 aliphatic heterocycles. The summed E-state index contributed by atoms with van der Waals surface area (Å²) < 4.78 is 5.22. The van der Waals surface area contributed by atoms with Gasteiger partial charge in [0.15, 0.2) is 5.16 Å². The van der Waals surface area contributed by atoms with Crippen LogP contribution in [0.2, 0.25) is 0 Å². The first-order chi connectivity index (χ1) is 8.13. The van der Waals surface area contributed by atoms with E-state index in [2.05, 4.69) is 20.2 Å². The molecule has 2 rings (SSSR count). The van der Waals surface area contributed by atoms with E-state index in [1.807, 2.05) is 6.92 Å². The lowest BCUT2D eigenvalue weighted by molar-refractivity contribution is 0.429. The van der Waals surface area contributed by atoms with Gasteiger partial charge < -0.3 is 10.2 Å². The average Bonchev–Trinajstić information content (AvgIpc) is 2.66. The summed E-state index contributed by atoms with van der Waals surface area (Å²) >= 11 is 1.24. The minimum Gasteiger partial charge on any atom is -0.416 e. The van der Waals surface area contributed by atoms with Crippen LogP contribution in [0, 0.1) is 6.92 Å². The molecule has 2 N–H and O–H groups in total. The third kappa shape index (κ3) is 3.50. The predicted molar refractivity (Wildman–Crippen MR) is 62.5 cm³/mol. The van der Waals surface area contributed by atoms with Gasteiger partial charge in [-0.25, -0.2) is 9.97 Å². The second-order valence-corrected chi connectivity index (χ2v) is 4.66. The van der Waals surface area contributed by atoms with Crippen LogP contribution in [0.3, 0.4) is 0 Å². The Labute approximate surface area is 103 Å². The highest BCUT2D eigenvalue weighted by Gasteiger charge is 2.07. The zero-order valence-electron chi connectivity index (χ0n) is 9.62. The molecule has 2 aromatic rings. The molecular weight excluding hydrogens is 238 g/mol. The van der Waals surface area contributed by atoms with Crippen LogP contribution in [0.5, 0.6) is 0 Å². The van der Waals surface area contributed by atoms with Crippen LogP contribution in [-0.2, 0) is 6.42 Å². The van der Waals surface area contributed by atoms with Crippen molar-refractivity contribution in [1.82, 2.24) is 20.2 Å². The zero-order chi connectivity index (χ0) is 12.3. The molecule has 2 aromatic heterocycles. The Morgan fingerprint density at radius 2 is 2.06 bits per heavy atom. The fourth-order valence-electron chi connectivity index (χ4n) is 1.27. The van der Waals surface area contributed by atoms with E-state index in [9.17, 15) is 0 Å². The Kier molecular flexibility index (Phi) is 3.70. The third-order valence-corrected chi connectivity index (χ3v) is 2.66. The van der Waals surface area contributed by atoms with Crippen molar-refractivity contribution in [2.75, 3.05) is 0 Å². The fourth-order valence-corrected chi connectivity index (χ4v) is 1.88. The topological polar surface area (TPSA) is 90.7 Å². The summed E-state index contributed by atoms with van der Waals surface area (Å²) in [6, 6.07) is 0.107. The van der Waals surface area contributed by atoms with E-state index < -0.39 is 0 Å². The van der Waals surface area contributed by atoms with Crippen LogP contribution in [0.15, 0.2) is 27.2 Å². The van der Waals surface area contributed by atoms with Crippen LogP contribution in [-0.4, -0.2) is 26.2 Å². The normalized spacial score (nSPS) is 12.6. The zero-order valence-corrected chi connectivity index (χ0v) is 10.4. The molecule has 6 nitrogen and oxygen atoms in total. The summed E-state index contributed by atoms with van der Waals surface area (Å²) in [5.74, 6) is 0.529. The van der Waals surface area contributed by atoms with Gasteiger partial charge in [-0.05, 0) is 18.9 Å². The minimum atomic E-state index is 0.107. The van der Waals surface area contributed by atoms with E-state index in [0.29, 0.717) is 16.3 Å². The number of aryl methyl sites for hydroxylation is 1. The summed E-state index contributed by atoms with van der Waals surface area (Å²) in [6.07, 6.45) is 4.30. The molecule has 17 heavy (non-hydrogen) atoms. The molecule has 0 fully saturated rings. The lowest BCUT2D eigenvalue weighted by Crippen LogP contribution is -2.17. The Hall–Kier alpha value is -1.47. The Morgan fingerprint density at radius 3 is 2.59 bits per heavy atom. The minimum absolute atomic E-state index is 0.107. The lowest BCUT2D eigenvalue weighted by Gasteiger charge is -2.03. The molecule has 1 atom stereocenters. The van der Waals surface area contributed by atoms with Crippen molar-refractivity contribution in [2.24, 2.45) is 5.73 Å². The first-order valence-corrected chi connectivity index (χ1v) is 5.99. The highest BCUT2D eigenvalue weighted by Crippen LogP contribution is 2.22. The molecular formula is C10H13N5OS. The fraction of sp³-hybridized carbons (Fsp3) is 0.400. The van der Waals surface area contributed by atoms with Gasteiger partial charge in [0.05, 0.1) is 0 Å². The molecule has 0 aliphatic carbocycles. The maximum Gasteiger partial charge on any atom is 0.284 e. The van der Waals surface area contributed by atoms with Gasteiger partial charge in [-0.15, -0.1) is 10.2 Å². The lowest BCUT2D eigenvalue weighted by atomic mass is 10.1. The summed E-state index contributed by atoms with van der Waals surface area (Å²) in [5.41, 5.74) is 6.71. The van der Waals surface area contributed by atoms with Crippen molar-refractivity contribution in [2.45, 2.75) is 36.7 Å². The van der Waals surface area contributed by atoms with E-state index in [4.69, 9.17) is 10.2 Å². The van der Waals surface area contributed by atoms with Crippen molar-refractivity contribution in [3.8, 4) is 0 Å². The molecule has 0 amide bonds. The monoisotopic (exact) mass is 251 g/mol. The van der Waals surface area contributed by atoms with Crippen LogP contribution in [0.4, 0.5) is 0 Å². The van der Waals surface area contributed by atoms with Crippen LogP contribution < -0.4 is 5.73 Å². The Morgan fingerprint density at radius 1 is 1.35 bits per heavy atom. The van der Waals surface area contributed by atoms with Gasteiger partial charge in [0.2, 0.25) is 5.89 Å². The number of nitrogens with zero attached hydrogens (tertiary/aromatic N) is 4. The third-order valence-electron chi connectivity index (χ3n) is 1.93. The maximum atomic E-state index is 5.69. The summed E-state index contributed by atoms with van der Waals surface area (Å²) in [5, 5.41) is 8.62. The van der Waals surface area contributed by atoms with Crippen molar-refractivity contribution < 1.29 is 4.42 Å². The van der Waals surface area contributed by atoms with Crippen LogP contribution in [0.25, 0.3) is 0 Å². The summed E-state index contributed by atoms with van der Waals surface area (Å²) in [6.45, 7) is 3.69. The molecule has 0 bridgehead atoms. The highest BCUT2D eigenvalue weighted by atomic mass is 32.2. The van der Waals surface area contributed by atoms with Crippen molar-refractivity contribution in [3.05, 3.63) is 23.8 Å². The van der Waals surface area contributed by atoms with E-state index in [0.717, 1.165) is 12.0 Å². The largest absolute Gasteiger partial charge is 0.416 e. The van der Waals surface area contributed by atoms with Crippen molar-refractivity contribution >= 4 is 11.8 Å². The van der Waals surface area contributed by atoms with Gasteiger partial charge in [-0.3, -0.25) is 0 Å². The Bertz CT molecular complexity index is 482. The van der Waals surface area contributed by atoms with Gasteiger partial charge >= 0.3 is 0 Å². The molecule has 0 radical (unpaired) electrons. The smallest absolute Gasteiger partial charge is 0.284 e. The standard InChI is InChI=1S/C10H13N5OS/c1-6(11)3-8-4-12-9(13-5-8)17-10-15-14-7(2)16-10/h4-6H,3,11H2,1-2H3. The predicted octanol–water partition coefficient (Wildman–Crippen LogP) is 1.21. The van der Waals surface area contributed by atoms with Gasteiger partial charge in [0.25, 0.3) is 5.22 Å². The average molecular weight is 251 g/mol. The van der Waals surface area contributed by atoms with Gasteiger partial charge in [-0.2, -0.15) is 0 Å². The number of nitrogens with two attached hydrogens (primary N) is 1. The van der Waals surface area contributed by atoms with Crippen LogP contribution >= 0.6 is 11.8 Å². The summed E-state index contributed by atoms with van der Waals surface area (Å²) in [4.78, 5) is 8.41. The van der Waals surface area contributed by atoms with Gasteiger partial charge in [0.1, 0.15) is 0 Å². The first kappa shape index (κ1) is 12.0. The quantitative estimate of drug-likeness (QED) is 0.816. The van der Waals surface area contributed by atoms with Crippen LogP contribution in [0.1, 0.15) is 18.4 Å². The highest BCUT2D eigenvalue weighted by molar-refractivity contribution is 7.98. The molecule has 2 heterocycles. The number of hydrogen-bond donors (Lipinski definition) is 1. The number of hydrogen-bond acceptors (Lipinski definition) is 7. The SMILES string of the molecule is Cc1nnc(Sc2ncc(CC(C)N)cn2)o1. The van der Waals surface area contributed by atoms with Gasteiger partial charge in [-0.1, -0.05) is 0 Å². The first-order valence-electron chi connectivity index (χ1n) is 5.18. The van der Waals surface area contributed by atoms with E-state index >= 15 is 0 Å². The Balaban J connectivity index is 2.03. The maximum absolute atomic E-state index is 5.69. The molecule has 1 unspecified atom stereocenters. The molecule has 0 aliphatic rings. The van der Waals surface area contributed by atoms with E-state index in [-0.39, 0.29) is 6.04 Å². The summed E-state index contributed by atoms with van der Waals surface area (Å²) in [7, 11) is 0. The second kappa shape index (κ2) is 5.24. The number of rotatable bonds is 4.